The van der Waals surface area contributed by atoms with Crippen LogP contribution in [0.1, 0.15) is 15.2 Å². The summed E-state index contributed by atoms with van der Waals surface area (Å²) in [6.45, 7) is 0.570. The minimum absolute atomic E-state index is 0.164. The van der Waals surface area contributed by atoms with E-state index in [1.807, 2.05) is 18.2 Å². The summed E-state index contributed by atoms with van der Waals surface area (Å²) in [6, 6.07) is 7.22. The van der Waals surface area contributed by atoms with Crippen LogP contribution in [0.25, 0.3) is 10.9 Å². The molecule has 0 amide bonds. The number of rotatable bonds is 4. The quantitative estimate of drug-likeness (QED) is 0.767. The number of halogens is 1. The maximum atomic E-state index is 11.1. The Labute approximate surface area is 129 Å². The number of nitrogens with one attached hydrogen (secondary N) is 1. The molecule has 106 valence electrons. The molecule has 0 saturated heterocycles. The van der Waals surface area contributed by atoms with Crippen LogP contribution in [-0.2, 0) is 6.54 Å². The molecule has 1 aromatic carbocycles. The molecule has 21 heavy (non-hydrogen) atoms. The average Bonchev–Trinajstić information content (AvgIpc) is 2.90. The second kappa shape index (κ2) is 5.67. The summed E-state index contributed by atoms with van der Waals surface area (Å²) in [5.41, 5.74) is 1.73. The molecule has 5 nitrogen and oxygen atoms in total. The van der Waals surface area contributed by atoms with Crippen LogP contribution in [0.15, 0.2) is 36.7 Å². The van der Waals surface area contributed by atoms with Crippen molar-refractivity contribution < 1.29 is 9.90 Å². The van der Waals surface area contributed by atoms with E-state index in [1.54, 1.807) is 12.3 Å². The third-order valence-corrected chi connectivity index (χ3v) is 4.07. The number of benzene rings is 1. The van der Waals surface area contributed by atoms with Crippen molar-refractivity contribution in [3.63, 3.8) is 0 Å². The summed E-state index contributed by atoms with van der Waals surface area (Å²) in [4.78, 5) is 20.2. The third kappa shape index (κ3) is 2.96. The van der Waals surface area contributed by atoms with E-state index in [0.717, 1.165) is 21.5 Å². The van der Waals surface area contributed by atoms with Crippen molar-refractivity contribution >= 4 is 45.5 Å². The Morgan fingerprint density at radius 1 is 1.33 bits per heavy atom. The highest BCUT2D eigenvalue weighted by Gasteiger charge is 2.08. The number of carbonyl (C=O) groups is 1. The predicted molar refractivity (Wildman–Crippen MR) is 83.2 cm³/mol. The standard InChI is InChI=1S/C14H10ClN3O2S/c15-14-18-7-9(21-14)6-17-12-3-1-2-11-10(12)4-8(5-16-11)13(19)20/h1-5,7,17H,6H2,(H,19,20). The number of aromatic carboxylic acids is 1. The Morgan fingerprint density at radius 2 is 2.19 bits per heavy atom. The van der Waals surface area contributed by atoms with Gasteiger partial charge in [-0.2, -0.15) is 0 Å². The number of nitrogens with zero attached hydrogens (tertiary/aromatic N) is 2. The van der Waals surface area contributed by atoms with Gasteiger partial charge in [-0.25, -0.2) is 9.78 Å². The molecule has 0 aliphatic rings. The molecule has 0 spiro atoms. The summed E-state index contributed by atoms with van der Waals surface area (Å²) in [6.07, 6.45) is 3.07. The van der Waals surface area contributed by atoms with E-state index in [9.17, 15) is 4.79 Å². The highest BCUT2D eigenvalue weighted by Crippen LogP contribution is 2.25. The van der Waals surface area contributed by atoms with Gasteiger partial charge in [0, 0.05) is 28.3 Å². The van der Waals surface area contributed by atoms with Crippen molar-refractivity contribution in [2.24, 2.45) is 0 Å². The van der Waals surface area contributed by atoms with Crippen molar-refractivity contribution in [3.8, 4) is 0 Å². The van der Waals surface area contributed by atoms with E-state index >= 15 is 0 Å². The van der Waals surface area contributed by atoms with Gasteiger partial charge in [0.2, 0.25) is 0 Å². The van der Waals surface area contributed by atoms with Crippen molar-refractivity contribution in [1.82, 2.24) is 9.97 Å². The topological polar surface area (TPSA) is 75.1 Å². The van der Waals surface area contributed by atoms with Crippen LogP contribution in [-0.4, -0.2) is 21.0 Å². The fraction of sp³-hybridized carbons (Fsp3) is 0.0714. The molecule has 0 fully saturated rings. The van der Waals surface area contributed by atoms with Crippen molar-refractivity contribution in [3.05, 3.63) is 51.6 Å². The van der Waals surface area contributed by atoms with Crippen molar-refractivity contribution in [2.45, 2.75) is 6.54 Å². The molecular formula is C14H10ClN3O2S. The molecule has 0 radical (unpaired) electrons. The van der Waals surface area contributed by atoms with Gasteiger partial charge in [-0.3, -0.25) is 4.98 Å². The second-order valence-corrected chi connectivity index (χ2v) is 6.03. The number of carboxylic acids is 1. The van der Waals surface area contributed by atoms with Gasteiger partial charge < -0.3 is 10.4 Å². The fourth-order valence-corrected chi connectivity index (χ4v) is 2.89. The number of hydrogen-bond donors (Lipinski definition) is 2. The van der Waals surface area contributed by atoms with E-state index in [0.29, 0.717) is 11.0 Å². The summed E-state index contributed by atoms with van der Waals surface area (Å²) in [5.74, 6) is -0.992. The number of thiazole rings is 1. The number of fused-ring (bicyclic) bond motifs is 1. The minimum atomic E-state index is -0.992. The van der Waals surface area contributed by atoms with Gasteiger partial charge in [0.1, 0.15) is 0 Å². The van der Waals surface area contributed by atoms with Crippen molar-refractivity contribution in [2.75, 3.05) is 5.32 Å². The van der Waals surface area contributed by atoms with Gasteiger partial charge in [0.25, 0.3) is 0 Å². The molecular weight excluding hydrogens is 310 g/mol. The van der Waals surface area contributed by atoms with E-state index in [1.165, 1.54) is 17.5 Å². The Hall–Kier alpha value is -2.18. The maximum absolute atomic E-state index is 11.1. The van der Waals surface area contributed by atoms with E-state index in [2.05, 4.69) is 15.3 Å². The molecule has 0 aliphatic heterocycles. The first-order valence-corrected chi connectivity index (χ1v) is 7.29. The Kier molecular flexibility index (Phi) is 3.72. The first-order valence-electron chi connectivity index (χ1n) is 6.09. The van der Waals surface area contributed by atoms with Crippen LogP contribution in [0.5, 0.6) is 0 Å². The number of anilines is 1. The molecule has 0 aliphatic carbocycles. The first kappa shape index (κ1) is 13.8. The normalized spacial score (nSPS) is 10.7. The smallest absolute Gasteiger partial charge is 0.337 e. The molecule has 2 N–H and O–H groups in total. The van der Waals surface area contributed by atoms with E-state index in [4.69, 9.17) is 16.7 Å². The summed E-state index contributed by atoms with van der Waals surface area (Å²) >= 11 is 7.20. The zero-order valence-corrected chi connectivity index (χ0v) is 12.3. The van der Waals surface area contributed by atoms with Gasteiger partial charge in [-0.05, 0) is 18.2 Å². The number of hydrogen-bond acceptors (Lipinski definition) is 5. The number of carboxylic acid groups (broad SMARTS) is 1. The van der Waals surface area contributed by atoms with Gasteiger partial charge >= 0.3 is 5.97 Å². The molecule has 7 heteroatoms. The number of pyridine rings is 1. The second-order valence-electron chi connectivity index (χ2n) is 4.33. The lowest BCUT2D eigenvalue weighted by atomic mass is 10.1. The third-order valence-electron chi connectivity index (χ3n) is 2.95. The SMILES string of the molecule is O=C(O)c1cnc2cccc(NCc3cnc(Cl)s3)c2c1. The Bertz CT molecular complexity index is 819. The van der Waals surface area contributed by atoms with Crippen LogP contribution < -0.4 is 5.32 Å². The monoisotopic (exact) mass is 319 g/mol. The molecule has 2 heterocycles. The molecule has 3 aromatic rings. The minimum Gasteiger partial charge on any atom is -0.478 e. The van der Waals surface area contributed by atoms with Gasteiger partial charge in [0.15, 0.2) is 4.47 Å². The van der Waals surface area contributed by atoms with Crippen LogP contribution >= 0.6 is 22.9 Å². The Balaban J connectivity index is 1.93. The molecule has 0 unspecified atom stereocenters. The van der Waals surface area contributed by atoms with Crippen LogP contribution in [0.4, 0.5) is 5.69 Å². The Morgan fingerprint density at radius 3 is 2.90 bits per heavy atom. The molecule has 0 atom stereocenters. The molecule has 0 saturated carbocycles. The van der Waals surface area contributed by atoms with Crippen LogP contribution in [0.2, 0.25) is 4.47 Å². The van der Waals surface area contributed by atoms with Gasteiger partial charge in [0.05, 0.1) is 17.6 Å². The van der Waals surface area contributed by atoms with Gasteiger partial charge in [-0.15, -0.1) is 11.3 Å². The van der Waals surface area contributed by atoms with Crippen LogP contribution in [0, 0.1) is 0 Å². The lowest BCUT2D eigenvalue weighted by Gasteiger charge is -2.08. The summed E-state index contributed by atoms with van der Waals surface area (Å²) in [7, 11) is 0. The first-order chi connectivity index (χ1) is 10.1. The summed E-state index contributed by atoms with van der Waals surface area (Å²) < 4.78 is 0.500. The van der Waals surface area contributed by atoms with Crippen molar-refractivity contribution in [1.29, 1.82) is 0 Å². The highest BCUT2D eigenvalue weighted by molar-refractivity contribution is 7.15. The van der Waals surface area contributed by atoms with Crippen LogP contribution in [0.3, 0.4) is 0 Å². The highest BCUT2D eigenvalue weighted by atomic mass is 35.5. The lowest BCUT2D eigenvalue weighted by Crippen LogP contribution is -2.01. The maximum Gasteiger partial charge on any atom is 0.337 e. The van der Waals surface area contributed by atoms with E-state index in [-0.39, 0.29) is 5.56 Å². The molecule has 2 aromatic heterocycles. The largest absolute Gasteiger partial charge is 0.478 e. The predicted octanol–water partition coefficient (Wildman–Crippen LogP) is 3.66. The average molecular weight is 320 g/mol. The van der Waals surface area contributed by atoms with Gasteiger partial charge in [-0.1, -0.05) is 17.7 Å². The fourth-order valence-electron chi connectivity index (χ4n) is 1.97. The molecule has 0 bridgehead atoms. The number of aromatic nitrogens is 2. The zero-order valence-electron chi connectivity index (χ0n) is 10.7. The summed E-state index contributed by atoms with van der Waals surface area (Å²) in [5, 5.41) is 13.1. The molecule has 3 rings (SSSR count). The lowest BCUT2D eigenvalue weighted by molar-refractivity contribution is 0.0696. The zero-order chi connectivity index (χ0) is 14.8. The van der Waals surface area contributed by atoms with E-state index < -0.39 is 5.97 Å².